The lowest BCUT2D eigenvalue weighted by Gasteiger charge is -2.05. The molecule has 0 atom stereocenters. The predicted molar refractivity (Wildman–Crippen MR) is 55.9 cm³/mol. The van der Waals surface area contributed by atoms with E-state index in [9.17, 15) is 9.59 Å². The maximum Gasteiger partial charge on any atom is 0.332 e. The van der Waals surface area contributed by atoms with Gasteiger partial charge >= 0.3 is 5.69 Å². The van der Waals surface area contributed by atoms with Gasteiger partial charge in [-0.3, -0.25) is 13.9 Å². The third kappa shape index (κ3) is 1.14. The molecule has 0 saturated heterocycles. The highest BCUT2D eigenvalue weighted by atomic mass is 16.2. The Morgan fingerprint density at radius 1 is 1.53 bits per heavy atom. The van der Waals surface area contributed by atoms with Crippen LogP contribution in [0.2, 0.25) is 0 Å². The SMILES string of the molecule is [2H]c1nc2c(c(=O)n(CC)c(=O)n2C([2H])([2H])[2H])n1C([2H])([2H])[2H]. The van der Waals surface area contributed by atoms with Crippen LogP contribution in [0.4, 0.5) is 0 Å². The van der Waals surface area contributed by atoms with Crippen LogP contribution in [0.1, 0.15) is 16.5 Å². The zero-order valence-corrected chi connectivity index (χ0v) is 7.81. The van der Waals surface area contributed by atoms with Crippen LogP contribution >= 0.6 is 0 Å². The van der Waals surface area contributed by atoms with Crippen LogP contribution in [-0.2, 0) is 20.5 Å². The number of aryl methyl sites for hydroxylation is 2. The highest BCUT2D eigenvalue weighted by molar-refractivity contribution is 5.69. The second kappa shape index (κ2) is 3.08. The first-order chi connectivity index (χ1) is 9.91. The van der Waals surface area contributed by atoms with Crippen molar-refractivity contribution in [1.82, 2.24) is 18.7 Å². The second-order valence-corrected chi connectivity index (χ2v) is 2.89. The summed E-state index contributed by atoms with van der Waals surface area (Å²) in [6.45, 7) is -4.59. The molecule has 0 fully saturated rings. The summed E-state index contributed by atoms with van der Waals surface area (Å²) in [5.74, 6) is 0. The molecule has 0 saturated carbocycles. The molecule has 0 amide bonds. The Labute approximate surface area is 95.2 Å². The van der Waals surface area contributed by atoms with Crippen LogP contribution in [0.3, 0.4) is 0 Å². The summed E-state index contributed by atoms with van der Waals surface area (Å²) in [5, 5.41) is 0. The quantitative estimate of drug-likeness (QED) is 0.641. The van der Waals surface area contributed by atoms with Crippen molar-refractivity contribution in [2.24, 2.45) is 14.0 Å². The summed E-state index contributed by atoms with van der Waals surface area (Å²) < 4.78 is 53.1. The van der Waals surface area contributed by atoms with Crippen molar-refractivity contribution in [2.45, 2.75) is 13.5 Å². The summed E-state index contributed by atoms with van der Waals surface area (Å²) in [6.07, 6.45) is -0.821. The summed E-state index contributed by atoms with van der Waals surface area (Å²) in [6, 6.07) is 0. The zero-order chi connectivity index (χ0) is 17.0. The van der Waals surface area contributed by atoms with E-state index in [4.69, 9.17) is 9.60 Å². The summed E-state index contributed by atoms with van der Waals surface area (Å²) in [4.78, 5) is 28.0. The molecule has 0 aliphatic rings. The van der Waals surface area contributed by atoms with Crippen molar-refractivity contribution in [3.63, 3.8) is 0 Å². The van der Waals surface area contributed by atoms with Crippen molar-refractivity contribution in [2.75, 3.05) is 0 Å². The third-order valence-corrected chi connectivity index (χ3v) is 2.09. The molecular weight excluding hydrogens is 196 g/mol. The van der Waals surface area contributed by atoms with Crippen LogP contribution in [0.15, 0.2) is 15.9 Å². The standard InChI is InChI=1S/C9H12N4O2/c1-4-13-8(14)6-7(10-5-11(6)2)12(3)9(13)15/h5H,4H2,1-3H3/i2D3,3D3,5D. The molecule has 0 spiro atoms. The molecule has 6 heteroatoms. The van der Waals surface area contributed by atoms with Gasteiger partial charge in [0.05, 0.1) is 6.30 Å². The van der Waals surface area contributed by atoms with Crippen molar-refractivity contribution in [3.8, 4) is 0 Å². The van der Waals surface area contributed by atoms with Gasteiger partial charge in [-0.15, -0.1) is 0 Å². The molecule has 2 aromatic rings. The number of hydrogen-bond acceptors (Lipinski definition) is 3. The number of aromatic nitrogens is 4. The van der Waals surface area contributed by atoms with E-state index in [1.807, 2.05) is 0 Å². The topological polar surface area (TPSA) is 61.8 Å². The van der Waals surface area contributed by atoms with Gasteiger partial charge in [-0.05, 0) is 6.92 Å². The number of nitrogens with zero attached hydrogens (tertiary/aromatic N) is 4. The molecule has 0 aliphatic heterocycles. The highest BCUT2D eigenvalue weighted by Crippen LogP contribution is 2.02. The number of hydrogen-bond donors (Lipinski definition) is 0. The van der Waals surface area contributed by atoms with E-state index >= 15 is 0 Å². The maximum atomic E-state index is 12.3. The second-order valence-electron chi connectivity index (χ2n) is 2.89. The average molecular weight is 215 g/mol. The molecule has 80 valence electrons. The lowest BCUT2D eigenvalue weighted by molar-refractivity contribution is 0.635. The van der Waals surface area contributed by atoms with Crippen molar-refractivity contribution in [1.29, 1.82) is 0 Å². The minimum atomic E-state index is -2.97. The van der Waals surface area contributed by atoms with Gasteiger partial charge in [0.15, 0.2) is 11.2 Å². The van der Waals surface area contributed by atoms with Crippen LogP contribution in [0.25, 0.3) is 11.2 Å². The highest BCUT2D eigenvalue weighted by Gasteiger charge is 2.12. The van der Waals surface area contributed by atoms with Gasteiger partial charge in [-0.1, -0.05) is 0 Å². The first-order valence-electron chi connectivity index (χ1n) is 7.67. The van der Waals surface area contributed by atoms with Crippen LogP contribution in [-0.4, -0.2) is 18.7 Å². The first-order valence-corrected chi connectivity index (χ1v) is 4.17. The Morgan fingerprint density at radius 3 is 2.93 bits per heavy atom. The van der Waals surface area contributed by atoms with Gasteiger partial charge in [0.2, 0.25) is 0 Å². The van der Waals surface area contributed by atoms with Gasteiger partial charge in [0, 0.05) is 28.7 Å². The van der Waals surface area contributed by atoms with Gasteiger partial charge in [0.1, 0.15) is 1.37 Å². The molecule has 0 aliphatic carbocycles. The number of fused-ring (bicyclic) bond motifs is 1. The molecule has 0 bridgehead atoms. The largest absolute Gasteiger partial charge is 0.332 e. The normalized spacial score (nSPS) is 19.7. The fraction of sp³-hybridized carbons (Fsp3) is 0.444. The van der Waals surface area contributed by atoms with E-state index < -0.39 is 42.7 Å². The Balaban J connectivity index is 3.19. The van der Waals surface area contributed by atoms with E-state index in [2.05, 4.69) is 4.98 Å². The molecule has 15 heavy (non-hydrogen) atoms. The fourth-order valence-electron chi connectivity index (χ4n) is 1.35. The Hall–Kier alpha value is -1.85. The van der Waals surface area contributed by atoms with Crippen LogP contribution < -0.4 is 11.2 Å². The number of rotatable bonds is 1. The van der Waals surface area contributed by atoms with Gasteiger partial charge in [-0.2, -0.15) is 0 Å². The molecule has 2 aromatic heterocycles. The van der Waals surface area contributed by atoms with Gasteiger partial charge < -0.3 is 4.57 Å². The first kappa shape index (κ1) is 4.34. The minimum absolute atomic E-state index is 0.150. The van der Waals surface area contributed by atoms with E-state index in [0.717, 1.165) is 0 Å². The maximum absolute atomic E-state index is 12.3. The van der Waals surface area contributed by atoms with Crippen molar-refractivity contribution >= 4 is 11.2 Å². The lowest BCUT2D eigenvalue weighted by atomic mass is 10.5. The molecular formula is C9H12N4O2. The van der Waals surface area contributed by atoms with E-state index in [-0.39, 0.29) is 11.1 Å². The van der Waals surface area contributed by atoms with Crippen LogP contribution in [0, 0.1) is 0 Å². The third-order valence-electron chi connectivity index (χ3n) is 2.09. The summed E-state index contributed by atoms with van der Waals surface area (Å²) >= 11 is 0. The van der Waals surface area contributed by atoms with E-state index in [1.165, 1.54) is 6.92 Å². The molecule has 0 radical (unpaired) electrons. The minimum Gasteiger partial charge on any atom is -0.328 e. The Kier molecular flexibility index (Phi) is 0.891. The monoisotopic (exact) mass is 215 g/mol. The molecule has 0 N–H and O–H groups in total. The lowest BCUT2D eigenvalue weighted by Crippen LogP contribution is -2.39. The van der Waals surface area contributed by atoms with Crippen molar-refractivity contribution in [3.05, 3.63) is 27.1 Å². The van der Waals surface area contributed by atoms with E-state index in [1.54, 1.807) is 0 Å². The molecule has 6 nitrogen and oxygen atoms in total. The average Bonchev–Trinajstić information content (AvgIpc) is 2.64. The van der Waals surface area contributed by atoms with Gasteiger partial charge in [0.25, 0.3) is 5.56 Å². The van der Waals surface area contributed by atoms with Crippen molar-refractivity contribution < 1.29 is 9.60 Å². The van der Waals surface area contributed by atoms with E-state index in [0.29, 0.717) is 9.13 Å². The Bertz CT molecular complexity index is 854. The molecule has 2 heterocycles. The number of imidazole rings is 1. The summed E-state index contributed by atoms with van der Waals surface area (Å²) in [5.41, 5.74) is -3.37. The zero-order valence-electron chi connectivity index (χ0n) is 14.8. The molecule has 0 aromatic carbocycles. The summed E-state index contributed by atoms with van der Waals surface area (Å²) in [7, 11) is 0. The molecule has 0 unspecified atom stereocenters. The Morgan fingerprint density at radius 2 is 2.33 bits per heavy atom. The fourth-order valence-corrected chi connectivity index (χ4v) is 1.35. The smallest absolute Gasteiger partial charge is 0.328 e. The van der Waals surface area contributed by atoms with Gasteiger partial charge in [-0.25, -0.2) is 9.78 Å². The van der Waals surface area contributed by atoms with Crippen LogP contribution in [0.5, 0.6) is 0 Å². The molecule has 2 rings (SSSR count). The predicted octanol–water partition coefficient (Wildman–Crippen LogP) is -0.546.